The second-order valence-corrected chi connectivity index (χ2v) is 9.23. The average Bonchev–Trinajstić information content (AvgIpc) is 3.28. The van der Waals surface area contributed by atoms with Crippen LogP contribution in [0.3, 0.4) is 0 Å². The molecule has 4 aromatic rings. The van der Waals surface area contributed by atoms with Crippen molar-refractivity contribution in [3.63, 3.8) is 0 Å². The molecule has 0 atom stereocenters. The first kappa shape index (κ1) is 26.1. The molecule has 0 spiro atoms. The fraction of sp³-hybridized carbons (Fsp3) is 0.0909. The van der Waals surface area contributed by atoms with Crippen LogP contribution in [0.1, 0.15) is 11.1 Å². The summed E-state index contributed by atoms with van der Waals surface area (Å²) in [5.74, 6) is 0. The minimum Gasteiger partial charge on any atom is -0.343 e. The topological polar surface area (TPSA) is 150 Å². The summed E-state index contributed by atoms with van der Waals surface area (Å²) in [4.78, 5) is 16.0. The Kier molecular flexibility index (Phi) is 7.52. The fourth-order valence-electron chi connectivity index (χ4n) is 3.32. The molecule has 184 valence electrons. The van der Waals surface area contributed by atoms with Crippen LogP contribution in [-0.4, -0.2) is 52.7 Å². The van der Waals surface area contributed by atoms with E-state index in [1.54, 1.807) is 54.8 Å². The van der Waals surface area contributed by atoms with Gasteiger partial charge in [0.1, 0.15) is 4.90 Å². The van der Waals surface area contributed by atoms with Gasteiger partial charge in [-0.3, -0.25) is 15.1 Å². The van der Waals surface area contributed by atoms with E-state index in [1.165, 1.54) is 36.1 Å². The van der Waals surface area contributed by atoms with E-state index in [-0.39, 0.29) is 28.7 Å². The second kappa shape index (κ2) is 10.4. The molecule has 4 rings (SSSR count). The molecule has 0 saturated heterocycles. The molecular formula is C22H19ClN8O4S. The predicted octanol–water partition coefficient (Wildman–Crippen LogP) is 3.35. The minimum atomic E-state index is -4.30. The lowest BCUT2D eigenvalue weighted by molar-refractivity contribution is -0.385. The van der Waals surface area contributed by atoms with Gasteiger partial charge in [0.25, 0.3) is 15.7 Å². The van der Waals surface area contributed by atoms with Gasteiger partial charge in [-0.1, -0.05) is 0 Å². The molecule has 3 heterocycles. The van der Waals surface area contributed by atoms with Crippen LogP contribution in [0.15, 0.2) is 77.2 Å². The first-order valence-electron chi connectivity index (χ1n) is 10.0. The largest absolute Gasteiger partial charge is 0.343 e. The second-order valence-electron chi connectivity index (χ2n) is 7.31. The molecule has 0 aliphatic heterocycles. The third-order valence-corrected chi connectivity index (χ3v) is 6.90. The van der Waals surface area contributed by atoms with Crippen molar-refractivity contribution in [2.24, 2.45) is 5.10 Å². The maximum Gasteiger partial charge on any atom is 0.281 e. The molecule has 0 bridgehead atoms. The molecule has 36 heavy (non-hydrogen) atoms. The molecule has 0 saturated carbocycles. The van der Waals surface area contributed by atoms with Gasteiger partial charge in [0.2, 0.25) is 0 Å². The number of rotatable bonds is 7. The van der Waals surface area contributed by atoms with Crippen LogP contribution in [0.5, 0.6) is 0 Å². The Balaban J connectivity index is 0.00000361. The Morgan fingerprint density at radius 1 is 1.17 bits per heavy atom. The number of hydrazone groups is 1. The first-order valence-corrected chi connectivity index (χ1v) is 11.5. The highest BCUT2D eigenvalue weighted by Gasteiger charge is 2.28. The number of aromatic nitrogens is 3. The lowest BCUT2D eigenvalue weighted by Gasteiger charge is -2.23. The Labute approximate surface area is 212 Å². The lowest BCUT2D eigenvalue weighted by Crippen LogP contribution is -2.24. The molecule has 0 unspecified atom stereocenters. The molecule has 0 aliphatic carbocycles. The van der Waals surface area contributed by atoms with Crippen molar-refractivity contribution in [3.05, 3.63) is 88.5 Å². The zero-order valence-corrected chi connectivity index (χ0v) is 20.6. The van der Waals surface area contributed by atoms with E-state index in [2.05, 4.69) is 15.2 Å². The number of nitro groups is 1. The van der Waals surface area contributed by atoms with E-state index in [9.17, 15) is 18.5 Å². The summed E-state index contributed by atoms with van der Waals surface area (Å²) in [5, 5.41) is 28.7. The van der Waals surface area contributed by atoms with Crippen molar-refractivity contribution >= 4 is 51.2 Å². The maximum absolute atomic E-state index is 13.5. The summed E-state index contributed by atoms with van der Waals surface area (Å²) in [6, 6.07) is 12.2. The predicted molar refractivity (Wildman–Crippen MR) is 135 cm³/mol. The number of pyridine rings is 2. The number of non-ortho nitro benzene ring substituents is 1. The number of nitriles is 1. The Morgan fingerprint density at radius 2 is 1.89 bits per heavy atom. The smallest absolute Gasteiger partial charge is 0.281 e. The number of benzene rings is 1. The summed E-state index contributed by atoms with van der Waals surface area (Å²) in [5.41, 5.74) is 1.94. The number of nitro benzene ring substituents is 1. The van der Waals surface area contributed by atoms with Crippen LogP contribution in [0.4, 0.5) is 17.1 Å². The van der Waals surface area contributed by atoms with Crippen LogP contribution < -0.4 is 4.90 Å². The quantitative estimate of drug-likeness (QED) is 0.202. The SMILES string of the molecule is CN(c1ccncc1)c1ccc([N+](=O)[O-])cc1S(=O)(=O)N(C)/N=C\c1cnn2ccc(C#N)cc12.Cl. The Bertz CT molecular complexity index is 1600. The van der Waals surface area contributed by atoms with Crippen molar-refractivity contribution < 1.29 is 13.3 Å². The van der Waals surface area contributed by atoms with Crippen LogP contribution in [0, 0.1) is 21.4 Å². The number of fused-ring (bicyclic) bond motifs is 1. The highest BCUT2D eigenvalue weighted by Crippen LogP contribution is 2.34. The van der Waals surface area contributed by atoms with Crippen LogP contribution in [0.2, 0.25) is 0 Å². The molecule has 0 radical (unpaired) electrons. The summed E-state index contributed by atoms with van der Waals surface area (Å²) >= 11 is 0. The van der Waals surface area contributed by atoms with E-state index >= 15 is 0 Å². The average molecular weight is 527 g/mol. The molecular weight excluding hydrogens is 508 g/mol. The third-order valence-electron chi connectivity index (χ3n) is 5.23. The third kappa shape index (κ3) is 4.95. The van der Waals surface area contributed by atoms with Crippen LogP contribution >= 0.6 is 12.4 Å². The van der Waals surface area contributed by atoms with E-state index in [0.29, 0.717) is 22.3 Å². The fourth-order valence-corrected chi connectivity index (χ4v) is 4.52. The highest BCUT2D eigenvalue weighted by atomic mass is 35.5. The van der Waals surface area contributed by atoms with E-state index in [4.69, 9.17) is 5.26 Å². The molecule has 14 heteroatoms. The molecule has 0 amide bonds. The lowest BCUT2D eigenvalue weighted by atomic mass is 10.2. The summed E-state index contributed by atoms with van der Waals surface area (Å²) < 4.78 is 29.2. The van der Waals surface area contributed by atoms with Gasteiger partial charge in [-0.2, -0.15) is 28.3 Å². The Morgan fingerprint density at radius 3 is 2.56 bits per heavy atom. The summed E-state index contributed by atoms with van der Waals surface area (Å²) in [6.45, 7) is 0. The van der Waals surface area contributed by atoms with Gasteiger partial charge in [0.05, 0.1) is 40.2 Å². The summed E-state index contributed by atoms with van der Waals surface area (Å²) in [7, 11) is -1.43. The number of hydrogen-bond acceptors (Lipinski definition) is 9. The van der Waals surface area contributed by atoms with Crippen molar-refractivity contribution in [3.8, 4) is 6.07 Å². The van der Waals surface area contributed by atoms with Gasteiger partial charge in [-0.05, 0) is 30.3 Å². The first-order chi connectivity index (χ1) is 16.7. The van der Waals surface area contributed by atoms with Crippen molar-refractivity contribution in [1.29, 1.82) is 5.26 Å². The molecule has 12 nitrogen and oxygen atoms in total. The Hall–Kier alpha value is -4.54. The molecule has 0 aliphatic rings. The monoisotopic (exact) mass is 526 g/mol. The molecule has 0 N–H and O–H groups in total. The standard InChI is InChI=1S/C22H18N8O4S.ClH/c1-27(18-5-8-24-9-6-18)20-4-3-19(30(31)32)12-22(20)35(33,34)28(2)25-14-17-15-26-29-10-7-16(13-23)11-21(17)29;/h3-12,14-15H,1-2H3;1H/b25-14-;. The van der Waals surface area contributed by atoms with Crippen LogP contribution in [0.25, 0.3) is 5.52 Å². The van der Waals surface area contributed by atoms with Gasteiger partial charge >= 0.3 is 0 Å². The van der Waals surface area contributed by atoms with Crippen molar-refractivity contribution in [1.82, 2.24) is 19.0 Å². The number of anilines is 2. The van der Waals surface area contributed by atoms with E-state index in [0.717, 1.165) is 10.5 Å². The van der Waals surface area contributed by atoms with E-state index < -0.39 is 14.9 Å². The number of halogens is 1. The highest BCUT2D eigenvalue weighted by molar-refractivity contribution is 7.89. The number of nitrogens with zero attached hydrogens (tertiary/aromatic N) is 8. The molecule has 1 aromatic carbocycles. The van der Waals surface area contributed by atoms with Gasteiger partial charge in [0.15, 0.2) is 0 Å². The van der Waals surface area contributed by atoms with Gasteiger partial charge in [0, 0.05) is 56.1 Å². The molecule has 3 aromatic heterocycles. The van der Waals surface area contributed by atoms with Gasteiger partial charge < -0.3 is 4.90 Å². The van der Waals surface area contributed by atoms with Gasteiger partial charge in [-0.15, -0.1) is 12.4 Å². The zero-order chi connectivity index (χ0) is 25.2. The maximum atomic E-state index is 13.5. The van der Waals surface area contributed by atoms with Crippen molar-refractivity contribution in [2.75, 3.05) is 19.0 Å². The normalized spacial score (nSPS) is 11.1. The number of sulfonamides is 1. The number of hydrogen-bond donors (Lipinski definition) is 0. The van der Waals surface area contributed by atoms with Crippen LogP contribution in [-0.2, 0) is 10.0 Å². The molecule has 0 fully saturated rings. The summed E-state index contributed by atoms with van der Waals surface area (Å²) in [6.07, 6.45) is 7.49. The van der Waals surface area contributed by atoms with Gasteiger partial charge in [-0.25, -0.2) is 4.52 Å². The minimum absolute atomic E-state index is 0. The van der Waals surface area contributed by atoms with E-state index in [1.807, 2.05) is 6.07 Å². The zero-order valence-electron chi connectivity index (χ0n) is 19.0. The van der Waals surface area contributed by atoms with Crippen molar-refractivity contribution in [2.45, 2.75) is 4.90 Å².